The van der Waals surface area contributed by atoms with Crippen molar-refractivity contribution in [1.82, 2.24) is 4.37 Å². The third kappa shape index (κ3) is 2.40. The van der Waals surface area contributed by atoms with Gasteiger partial charge in [0.1, 0.15) is 10.6 Å². The summed E-state index contributed by atoms with van der Waals surface area (Å²) in [5, 5.41) is 7.91. The molecule has 0 aliphatic carbocycles. The van der Waals surface area contributed by atoms with Crippen molar-refractivity contribution >= 4 is 39.6 Å². The number of hydrogen-bond donors (Lipinski definition) is 3. The third-order valence-corrected chi connectivity index (χ3v) is 4.10. The Morgan fingerprint density at radius 1 is 1.53 bits per heavy atom. The Hall–Kier alpha value is -1.60. The first-order valence-electron chi connectivity index (χ1n) is 4.90. The number of primary amides is 1. The molecule has 0 aliphatic heterocycles. The maximum Gasteiger partial charge on any atom is 0.255 e. The number of rotatable bonds is 4. The van der Waals surface area contributed by atoms with E-state index in [0.29, 0.717) is 11.5 Å². The molecule has 90 valence electrons. The highest BCUT2D eigenvalue weighted by molar-refractivity contribution is 7.11. The standard InChI is InChI=1S/C10H12N4OS2/c1-5-3-16-4-6(5)2-13-10-7(9(12)15)8(11)14-17-10/h3-4,13H,2H2,1H3,(H2,11,14)(H2,12,15). The fourth-order valence-corrected chi connectivity index (χ4v) is 2.98. The Kier molecular flexibility index (Phi) is 3.30. The molecule has 0 unspecified atom stereocenters. The first-order valence-corrected chi connectivity index (χ1v) is 6.61. The number of thiophene rings is 1. The van der Waals surface area contributed by atoms with Gasteiger partial charge >= 0.3 is 0 Å². The van der Waals surface area contributed by atoms with Crippen molar-refractivity contribution < 1.29 is 4.79 Å². The average molecular weight is 268 g/mol. The van der Waals surface area contributed by atoms with Crippen molar-refractivity contribution in [1.29, 1.82) is 0 Å². The fourth-order valence-electron chi connectivity index (χ4n) is 1.40. The molecular formula is C10H12N4OS2. The highest BCUT2D eigenvalue weighted by Gasteiger charge is 2.16. The number of carbonyl (C=O) groups is 1. The van der Waals surface area contributed by atoms with Gasteiger partial charge in [-0.1, -0.05) is 0 Å². The van der Waals surface area contributed by atoms with Crippen LogP contribution in [0.25, 0.3) is 0 Å². The predicted molar refractivity (Wildman–Crippen MR) is 71.4 cm³/mol. The number of nitrogens with two attached hydrogens (primary N) is 2. The molecule has 5 N–H and O–H groups in total. The van der Waals surface area contributed by atoms with Crippen molar-refractivity contribution in [3.05, 3.63) is 27.5 Å². The van der Waals surface area contributed by atoms with Crippen LogP contribution in [0.2, 0.25) is 0 Å². The van der Waals surface area contributed by atoms with E-state index in [0.717, 1.165) is 11.5 Å². The first-order chi connectivity index (χ1) is 8.09. The number of hydrogen-bond acceptors (Lipinski definition) is 6. The van der Waals surface area contributed by atoms with Crippen LogP contribution in [0.15, 0.2) is 10.8 Å². The lowest BCUT2D eigenvalue weighted by molar-refractivity contribution is 0.100. The summed E-state index contributed by atoms with van der Waals surface area (Å²) in [6, 6.07) is 0. The lowest BCUT2D eigenvalue weighted by Gasteiger charge is -2.04. The van der Waals surface area contributed by atoms with E-state index in [2.05, 4.69) is 20.5 Å². The maximum absolute atomic E-state index is 11.2. The van der Waals surface area contributed by atoms with Gasteiger partial charge in [0.25, 0.3) is 5.91 Å². The smallest absolute Gasteiger partial charge is 0.255 e. The zero-order valence-corrected chi connectivity index (χ0v) is 10.8. The highest BCUT2D eigenvalue weighted by atomic mass is 32.1. The molecular weight excluding hydrogens is 256 g/mol. The molecule has 7 heteroatoms. The van der Waals surface area contributed by atoms with Crippen molar-refractivity contribution in [2.75, 3.05) is 11.1 Å². The quantitative estimate of drug-likeness (QED) is 0.788. The number of amides is 1. The average Bonchev–Trinajstić information content (AvgIpc) is 2.82. The van der Waals surface area contributed by atoms with Gasteiger partial charge in [-0.25, -0.2) is 0 Å². The number of aromatic nitrogens is 1. The van der Waals surface area contributed by atoms with Crippen LogP contribution in [0.5, 0.6) is 0 Å². The molecule has 0 atom stereocenters. The minimum absolute atomic E-state index is 0.187. The molecule has 0 fully saturated rings. The van der Waals surface area contributed by atoms with E-state index in [-0.39, 0.29) is 11.4 Å². The number of anilines is 2. The molecule has 5 nitrogen and oxygen atoms in total. The largest absolute Gasteiger partial charge is 0.382 e. The van der Waals surface area contributed by atoms with Crippen molar-refractivity contribution in [3.8, 4) is 0 Å². The van der Waals surface area contributed by atoms with Crippen LogP contribution in [-0.4, -0.2) is 10.3 Å². The van der Waals surface area contributed by atoms with Gasteiger partial charge in [-0.2, -0.15) is 15.7 Å². The Labute approximate surface area is 107 Å². The van der Waals surface area contributed by atoms with E-state index in [4.69, 9.17) is 11.5 Å². The van der Waals surface area contributed by atoms with Crippen LogP contribution in [0.3, 0.4) is 0 Å². The van der Waals surface area contributed by atoms with Crippen LogP contribution in [0.1, 0.15) is 21.5 Å². The number of carbonyl (C=O) groups excluding carboxylic acids is 1. The van der Waals surface area contributed by atoms with Crippen molar-refractivity contribution in [2.45, 2.75) is 13.5 Å². The number of nitrogen functional groups attached to an aromatic ring is 1. The third-order valence-electron chi connectivity index (χ3n) is 2.37. The minimum atomic E-state index is -0.555. The summed E-state index contributed by atoms with van der Waals surface area (Å²) in [7, 11) is 0. The molecule has 0 aromatic carbocycles. The monoisotopic (exact) mass is 268 g/mol. The predicted octanol–water partition coefficient (Wildman–Crippen LogP) is 1.81. The Bertz CT molecular complexity index is 546. The van der Waals surface area contributed by atoms with E-state index in [1.54, 1.807) is 11.3 Å². The fraction of sp³-hybridized carbons (Fsp3) is 0.200. The lowest BCUT2D eigenvalue weighted by Crippen LogP contribution is -2.14. The SMILES string of the molecule is Cc1cscc1CNc1snc(N)c1C(N)=O. The summed E-state index contributed by atoms with van der Waals surface area (Å²) >= 11 is 2.80. The molecule has 2 aromatic rings. The van der Waals surface area contributed by atoms with Gasteiger partial charge < -0.3 is 16.8 Å². The second-order valence-corrected chi connectivity index (χ2v) is 5.09. The second kappa shape index (κ2) is 4.72. The molecule has 0 aliphatic rings. The Balaban J connectivity index is 2.15. The molecule has 0 bridgehead atoms. The molecule has 2 aromatic heterocycles. The zero-order valence-electron chi connectivity index (χ0n) is 9.19. The van der Waals surface area contributed by atoms with Gasteiger partial charge in [0.05, 0.1) is 0 Å². The minimum Gasteiger partial charge on any atom is -0.382 e. The van der Waals surface area contributed by atoms with Gasteiger partial charge in [-0.3, -0.25) is 4.79 Å². The normalized spacial score (nSPS) is 10.4. The van der Waals surface area contributed by atoms with Crippen LogP contribution >= 0.6 is 22.9 Å². The second-order valence-electron chi connectivity index (χ2n) is 3.57. The molecule has 0 saturated heterocycles. The molecule has 0 saturated carbocycles. The first kappa shape index (κ1) is 11.9. The van der Waals surface area contributed by atoms with Crippen molar-refractivity contribution in [2.24, 2.45) is 5.73 Å². The highest BCUT2D eigenvalue weighted by Crippen LogP contribution is 2.27. The summed E-state index contributed by atoms with van der Waals surface area (Å²) < 4.78 is 3.92. The summed E-state index contributed by atoms with van der Waals surface area (Å²) in [6.07, 6.45) is 0. The van der Waals surface area contributed by atoms with Gasteiger partial charge in [0.2, 0.25) is 0 Å². The Morgan fingerprint density at radius 2 is 2.29 bits per heavy atom. The summed E-state index contributed by atoms with van der Waals surface area (Å²) in [6.45, 7) is 2.68. The van der Waals surface area contributed by atoms with Crippen LogP contribution in [0.4, 0.5) is 10.8 Å². The van der Waals surface area contributed by atoms with Crippen LogP contribution < -0.4 is 16.8 Å². The molecule has 1 amide bonds. The summed E-state index contributed by atoms with van der Waals surface area (Å²) in [5.74, 6) is -0.368. The van der Waals surface area contributed by atoms with E-state index < -0.39 is 5.91 Å². The maximum atomic E-state index is 11.2. The molecule has 2 heterocycles. The molecule has 2 rings (SSSR count). The van der Waals surface area contributed by atoms with Gasteiger partial charge in [-0.15, -0.1) is 0 Å². The topological polar surface area (TPSA) is 94.0 Å². The summed E-state index contributed by atoms with van der Waals surface area (Å²) in [5.41, 5.74) is 13.5. The van der Waals surface area contributed by atoms with Crippen LogP contribution in [-0.2, 0) is 6.54 Å². The van der Waals surface area contributed by atoms with E-state index >= 15 is 0 Å². The lowest BCUT2D eigenvalue weighted by atomic mass is 10.2. The van der Waals surface area contributed by atoms with Crippen LogP contribution in [0, 0.1) is 6.92 Å². The number of aryl methyl sites for hydroxylation is 1. The molecule has 0 radical (unpaired) electrons. The zero-order chi connectivity index (χ0) is 12.4. The molecule has 17 heavy (non-hydrogen) atoms. The van der Waals surface area contributed by atoms with Gasteiger partial charge in [0, 0.05) is 6.54 Å². The van der Waals surface area contributed by atoms with Crippen molar-refractivity contribution in [3.63, 3.8) is 0 Å². The van der Waals surface area contributed by atoms with E-state index in [1.165, 1.54) is 11.1 Å². The van der Waals surface area contributed by atoms with Gasteiger partial charge in [-0.05, 0) is 40.3 Å². The number of nitrogens with zero attached hydrogens (tertiary/aromatic N) is 1. The molecule has 0 spiro atoms. The number of nitrogens with one attached hydrogen (secondary N) is 1. The Morgan fingerprint density at radius 3 is 2.88 bits per heavy atom. The van der Waals surface area contributed by atoms with E-state index in [9.17, 15) is 4.79 Å². The van der Waals surface area contributed by atoms with E-state index in [1.807, 2.05) is 6.92 Å². The van der Waals surface area contributed by atoms with Gasteiger partial charge in [0.15, 0.2) is 5.82 Å². The summed E-state index contributed by atoms with van der Waals surface area (Å²) in [4.78, 5) is 11.2.